The molecule has 0 heterocycles. The van der Waals surface area contributed by atoms with E-state index >= 15 is 0 Å². The normalized spacial score (nSPS) is 20.0. The predicted octanol–water partition coefficient (Wildman–Crippen LogP) is 1.50. The molecule has 0 aromatic rings. The van der Waals surface area contributed by atoms with Gasteiger partial charge in [0.1, 0.15) is 0 Å². The standard InChI is InChI=1S/C10H12N2O2/c1-3-9(13)14-8-6-4-5-7(2)10(8)12-11/h4-6,8H,3H2,1-2H3. The summed E-state index contributed by atoms with van der Waals surface area (Å²) in [5.74, 6) is -0.310. The molecule has 1 unspecified atom stereocenters. The van der Waals surface area contributed by atoms with Gasteiger partial charge in [-0.1, -0.05) is 19.1 Å². The summed E-state index contributed by atoms with van der Waals surface area (Å²) >= 11 is 0. The SMILES string of the molecule is CCC(=O)OC1C=CC=C(C)C1=[N+]=[N-]. The Morgan fingerprint density at radius 1 is 1.71 bits per heavy atom. The Balaban J connectivity index is 2.81. The van der Waals surface area contributed by atoms with Gasteiger partial charge in [0, 0.05) is 12.0 Å². The van der Waals surface area contributed by atoms with Gasteiger partial charge in [-0.15, -0.1) is 0 Å². The van der Waals surface area contributed by atoms with Crippen LogP contribution in [0.3, 0.4) is 0 Å². The Bertz CT molecular complexity index is 349. The molecule has 0 radical (unpaired) electrons. The molecule has 4 nitrogen and oxygen atoms in total. The molecule has 14 heavy (non-hydrogen) atoms. The van der Waals surface area contributed by atoms with Crippen molar-refractivity contribution in [2.45, 2.75) is 26.4 Å². The van der Waals surface area contributed by atoms with Gasteiger partial charge >= 0.3 is 11.7 Å². The van der Waals surface area contributed by atoms with Crippen LogP contribution < -0.4 is 0 Å². The van der Waals surface area contributed by atoms with E-state index in [9.17, 15) is 4.79 Å². The molecule has 0 saturated heterocycles. The van der Waals surface area contributed by atoms with Gasteiger partial charge in [0.25, 0.3) is 0 Å². The van der Waals surface area contributed by atoms with Crippen LogP contribution in [0.25, 0.3) is 5.53 Å². The number of hydrogen-bond acceptors (Lipinski definition) is 2. The second-order valence-corrected chi connectivity index (χ2v) is 2.98. The van der Waals surface area contributed by atoms with Crippen LogP contribution in [-0.4, -0.2) is 22.6 Å². The van der Waals surface area contributed by atoms with Gasteiger partial charge in [-0.05, 0) is 13.0 Å². The fourth-order valence-electron chi connectivity index (χ4n) is 1.16. The Morgan fingerprint density at radius 3 is 3.00 bits per heavy atom. The Kier molecular flexibility index (Phi) is 3.37. The van der Waals surface area contributed by atoms with Crippen molar-refractivity contribution in [2.75, 3.05) is 0 Å². The van der Waals surface area contributed by atoms with Crippen molar-refractivity contribution >= 4 is 11.7 Å². The van der Waals surface area contributed by atoms with E-state index in [-0.39, 0.29) is 5.97 Å². The lowest BCUT2D eigenvalue weighted by Crippen LogP contribution is -2.28. The van der Waals surface area contributed by atoms with Crippen LogP contribution >= 0.6 is 0 Å². The van der Waals surface area contributed by atoms with Crippen molar-refractivity contribution < 1.29 is 14.3 Å². The molecule has 1 atom stereocenters. The molecule has 0 N–H and O–H groups in total. The third-order valence-electron chi connectivity index (χ3n) is 1.96. The molecule has 1 aliphatic carbocycles. The Labute approximate surface area is 82.5 Å². The molecule has 0 aromatic carbocycles. The molecule has 1 aliphatic rings. The van der Waals surface area contributed by atoms with Gasteiger partial charge in [-0.3, -0.25) is 4.79 Å². The molecule has 0 spiro atoms. The van der Waals surface area contributed by atoms with Crippen LogP contribution in [0.5, 0.6) is 0 Å². The van der Waals surface area contributed by atoms with Crippen LogP contribution in [0.4, 0.5) is 0 Å². The maximum Gasteiger partial charge on any atom is 0.339 e. The molecule has 1 rings (SSSR count). The summed E-state index contributed by atoms with van der Waals surface area (Å²) in [6, 6.07) is 0. The first-order chi connectivity index (χ1) is 6.69. The summed E-state index contributed by atoms with van der Waals surface area (Å²) in [6.45, 7) is 3.51. The van der Waals surface area contributed by atoms with Crippen LogP contribution in [0.1, 0.15) is 20.3 Å². The predicted molar refractivity (Wildman–Crippen MR) is 51.7 cm³/mol. The number of rotatable bonds is 2. The zero-order valence-corrected chi connectivity index (χ0v) is 8.23. The molecule has 4 heteroatoms. The number of carbonyl (C=O) groups is 1. The zero-order valence-electron chi connectivity index (χ0n) is 8.23. The lowest BCUT2D eigenvalue weighted by Gasteiger charge is -2.12. The van der Waals surface area contributed by atoms with E-state index in [0.717, 1.165) is 5.57 Å². The quantitative estimate of drug-likeness (QED) is 0.378. The molecule has 0 aromatic heterocycles. The van der Waals surface area contributed by atoms with E-state index < -0.39 is 6.10 Å². The fourth-order valence-corrected chi connectivity index (χ4v) is 1.16. The average molecular weight is 192 g/mol. The van der Waals surface area contributed by atoms with Crippen LogP contribution in [0, 0.1) is 0 Å². The highest BCUT2D eigenvalue weighted by Gasteiger charge is 2.27. The minimum absolute atomic E-state index is 0.310. The van der Waals surface area contributed by atoms with E-state index in [0.29, 0.717) is 12.1 Å². The number of nitrogens with zero attached hydrogens (tertiary/aromatic N) is 2. The highest BCUT2D eigenvalue weighted by atomic mass is 16.5. The Hall–Kier alpha value is -1.67. The minimum Gasteiger partial charge on any atom is -0.445 e. The number of allylic oxidation sites excluding steroid dienone is 2. The minimum atomic E-state index is -0.558. The summed E-state index contributed by atoms with van der Waals surface area (Å²) < 4.78 is 5.06. The largest absolute Gasteiger partial charge is 0.445 e. The number of ether oxygens (including phenoxy) is 1. The topological polar surface area (TPSA) is 62.7 Å². The highest BCUT2D eigenvalue weighted by molar-refractivity contribution is 6.02. The smallest absolute Gasteiger partial charge is 0.339 e. The van der Waals surface area contributed by atoms with Crippen molar-refractivity contribution in [1.29, 1.82) is 0 Å². The summed E-state index contributed by atoms with van der Waals surface area (Å²) in [6.07, 6.45) is 5.00. The first-order valence-corrected chi connectivity index (χ1v) is 4.46. The zero-order chi connectivity index (χ0) is 10.6. The first-order valence-electron chi connectivity index (χ1n) is 4.46. The summed E-state index contributed by atoms with van der Waals surface area (Å²) in [7, 11) is 0. The lowest BCUT2D eigenvalue weighted by molar-refractivity contribution is -0.145. The monoisotopic (exact) mass is 192 g/mol. The van der Waals surface area contributed by atoms with Gasteiger partial charge in [0.15, 0.2) is 0 Å². The second kappa shape index (κ2) is 4.53. The molecule has 0 amide bonds. The van der Waals surface area contributed by atoms with Crippen molar-refractivity contribution in [1.82, 2.24) is 0 Å². The number of carbonyl (C=O) groups excluding carboxylic acids is 1. The van der Waals surface area contributed by atoms with E-state index in [1.54, 1.807) is 32.1 Å². The van der Waals surface area contributed by atoms with Gasteiger partial charge in [0.05, 0.1) is 0 Å². The molecule has 74 valence electrons. The third kappa shape index (κ3) is 2.18. The highest BCUT2D eigenvalue weighted by Crippen LogP contribution is 2.11. The summed E-state index contributed by atoms with van der Waals surface area (Å²) in [5, 5.41) is 0. The molecule has 0 fully saturated rings. The van der Waals surface area contributed by atoms with Crippen molar-refractivity contribution in [2.24, 2.45) is 0 Å². The maximum absolute atomic E-state index is 11.0. The van der Waals surface area contributed by atoms with Gasteiger partial charge < -0.3 is 10.3 Å². The van der Waals surface area contributed by atoms with Crippen molar-refractivity contribution in [3.05, 3.63) is 29.3 Å². The first kappa shape index (κ1) is 10.4. The molecule has 0 aliphatic heterocycles. The van der Waals surface area contributed by atoms with E-state index in [1.165, 1.54) is 0 Å². The van der Waals surface area contributed by atoms with Gasteiger partial charge in [-0.2, -0.15) is 4.79 Å². The summed E-state index contributed by atoms with van der Waals surface area (Å²) in [5.41, 5.74) is 9.92. The third-order valence-corrected chi connectivity index (χ3v) is 1.96. The van der Waals surface area contributed by atoms with E-state index in [1.807, 2.05) is 0 Å². The van der Waals surface area contributed by atoms with E-state index in [2.05, 4.69) is 4.79 Å². The van der Waals surface area contributed by atoms with Gasteiger partial charge in [-0.25, -0.2) is 0 Å². The number of esters is 1. The molecule has 0 bridgehead atoms. The van der Waals surface area contributed by atoms with Crippen molar-refractivity contribution in [3.8, 4) is 0 Å². The average Bonchev–Trinajstić information content (AvgIpc) is 2.18. The van der Waals surface area contributed by atoms with Crippen molar-refractivity contribution in [3.63, 3.8) is 0 Å². The van der Waals surface area contributed by atoms with Crippen LogP contribution in [-0.2, 0) is 9.53 Å². The fraction of sp³-hybridized carbons (Fsp3) is 0.400. The molecule has 0 saturated carbocycles. The lowest BCUT2D eigenvalue weighted by atomic mass is 10.0. The van der Waals surface area contributed by atoms with Gasteiger partial charge in [0.2, 0.25) is 6.10 Å². The maximum atomic E-state index is 11.0. The van der Waals surface area contributed by atoms with Crippen LogP contribution in [0.15, 0.2) is 23.8 Å². The second-order valence-electron chi connectivity index (χ2n) is 2.98. The molecular formula is C10H12N2O2. The molecular weight excluding hydrogens is 180 g/mol. The summed E-state index contributed by atoms with van der Waals surface area (Å²) in [4.78, 5) is 14.2. The van der Waals surface area contributed by atoms with E-state index in [4.69, 9.17) is 10.3 Å². The van der Waals surface area contributed by atoms with Crippen LogP contribution in [0.2, 0.25) is 0 Å². The Morgan fingerprint density at radius 2 is 2.43 bits per heavy atom. The number of hydrogen-bond donors (Lipinski definition) is 0.